The summed E-state index contributed by atoms with van der Waals surface area (Å²) < 4.78 is 0. The molecule has 0 aromatic heterocycles. The van der Waals surface area contributed by atoms with Gasteiger partial charge in [0.05, 0.1) is 0 Å². The van der Waals surface area contributed by atoms with Crippen molar-refractivity contribution < 1.29 is 30.0 Å². The van der Waals surface area contributed by atoms with Crippen molar-refractivity contribution in [3.8, 4) is 0 Å². The van der Waals surface area contributed by atoms with Crippen molar-refractivity contribution in [1.29, 1.82) is 0 Å². The lowest BCUT2D eigenvalue weighted by Gasteiger charge is -2.05. The van der Waals surface area contributed by atoms with Crippen molar-refractivity contribution >= 4 is 23.1 Å². The lowest BCUT2D eigenvalue weighted by atomic mass is 10.1. The first-order valence-corrected chi connectivity index (χ1v) is 9.77. The maximum atomic E-state index is 11.7. The maximum absolute atomic E-state index is 11.7. The van der Waals surface area contributed by atoms with Crippen LogP contribution in [0.25, 0.3) is 11.5 Å². The number of carbonyl (C=O) groups excluding carboxylic acids is 2. The molecule has 162 valence electrons. The molecule has 1 aromatic carbocycles. The standard InChI is InChI=1S/C24H30O6/c1-15(2)9-19(25)11-21(27)13-23(29)17-5-7-18(8-6-17)24(30)14-22(28)12-20(26)10-16(3)4/h5-8,11-16,27-30H,9-10H2,1-4H3/b21-11-,22-12+,23-13-,24-14-. The van der Waals surface area contributed by atoms with E-state index in [4.69, 9.17) is 0 Å². The predicted molar refractivity (Wildman–Crippen MR) is 118 cm³/mol. The molecule has 6 nitrogen and oxygen atoms in total. The normalized spacial score (nSPS) is 13.8. The highest BCUT2D eigenvalue weighted by Crippen LogP contribution is 2.19. The third-order valence-electron chi connectivity index (χ3n) is 3.88. The molecule has 0 aliphatic carbocycles. The van der Waals surface area contributed by atoms with Gasteiger partial charge in [-0.25, -0.2) is 0 Å². The second-order valence-corrected chi connectivity index (χ2v) is 7.90. The lowest BCUT2D eigenvalue weighted by Crippen LogP contribution is -2.00. The van der Waals surface area contributed by atoms with Crippen LogP contribution in [0, 0.1) is 11.8 Å². The van der Waals surface area contributed by atoms with Gasteiger partial charge in [0.2, 0.25) is 0 Å². The Morgan fingerprint density at radius 1 is 0.667 bits per heavy atom. The Morgan fingerprint density at radius 2 is 0.967 bits per heavy atom. The van der Waals surface area contributed by atoms with Crippen LogP contribution in [0.5, 0.6) is 0 Å². The molecule has 0 atom stereocenters. The topological polar surface area (TPSA) is 115 Å². The third-order valence-corrected chi connectivity index (χ3v) is 3.88. The molecule has 0 fully saturated rings. The van der Waals surface area contributed by atoms with E-state index in [-0.39, 0.29) is 46.4 Å². The second-order valence-electron chi connectivity index (χ2n) is 7.90. The largest absolute Gasteiger partial charge is 0.508 e. The van der Waals surface area contributed by atoms with Gasteiger partial charge in [-0.15, -0.1) is 0 Å². The Kier molecular flexibility index (Phi) is 9.62. The number of allylic oxidation sites excluding steroid dienone is 4. The van der Waals surface area contributed by atoms with Crippen molar-refractivity contribution in [1.82, 2.24) is 0 Å². The average Bonchev–Trinajstić information content (AvgIpc) is 2.59. The van der Waals surface area contributed by atoms with Crippen LogP contribution in [0.2, 0.25) is 0 Å². The van der Waals surface area contributed by atoms with Gasteiger partial charge in [-0.05, 0) is 11.8 Å². The molecule has 0 bridgehead atoms. The minimum absolute atomic E-state index is 0.162. The van der Waals surface area contributed by atoms with Crippen molar-refractivity contribution in [2.24, 2.45) is 11.8 Å². The Balaban J connectivity index is 2.91. The molecule has 6 heteroatoms. The van der Waals surface area contributed by atoms with Gasteiger partial charge in [-0.1, -0.05) is 52.0 Å². The molecule has 1 rings (SSSR count). The molecule has 0 radical (unpaired) electrons. The Hall–Kier alpha value is -3.28. The van der Waals surface area contributed by atoms with Crippen LogP contribution >= 0.6 is 0 Å². The summed E-state index contributed by atoms with van der Waals surface area (Å²) in [4.78, 5) is 23.4. The van der Waals surface area contributed by atoms with Gasteiger partial charge in [-0.3, -0.25) is 9.59 Å². The minimum atomic E-state index is -0.355. The van der Waals surface area contributed by atoms with Crippen LogP contribution in [-0.2, 0) is 9.59 Å². The van der Waals surface area contributed by atoms with Gasteiger partial charge in [0.1, 0.15) is 23.0 Å². The highest BCUT2D eigenvalue weighted by molar-refractivity contribution is 5.91. The first-order valence-electron chi connectivity index (χ1n) is 9.77. The van der Waals surface area contributed by atoms with E-state index in [1.165, 1.54) is 24.3 Å². The van der Waals surface area contributed by atoms with Gasteiger partial charge in [0, 0.05) is 48.3 Å². The van der Waals surface area contributed by atoms with Gasteiger partial charge in [-0.2, -0.15) is 0 Å². The van der Waals surface area contributed by atoms with E-state index in [2.05, 4.69) is 0 Å². The van der Waals surface area contributed by atoms with E-state index in [1.54, 1.807) is 0 Å². The summed E-state index contributed by atoms with van der Waals surface area (Å²) in [5, 5.41) is 39.9. The Labute approximate surface area is 177 Å². The number of benzene rings is 1. The average molecular weight is 414 g/mol. The molecule has 0 heterocycles. The monoisotopic (exact) mass is 414 g/mol. The zero-order chi connectivity index (χ0) is 22.8. The maximum Gasteiger partial charge on any atom is 0.159 e. The van der Waals surface area contributed by atoms with Crippen LogP contribution in [0.4, 0.5) is 0 Å². The number of rotatable bonds is 10. The van der Waals surface area contributed by atoms with Crippen LogP contribution in [-0.4, -0.2) is 32.0 Å². The summed E-state index contributed by atoms with van der Waals surface area (Å²) in [6.45, 7) is 7.56. The fourth-order valence-corrected chi connectivity index (χ4v) is 2.59. The molecule has 30 heavy (non-hydrogen) atoms. The summed E-state index contributed by atoms with van der Waals surface area (Å²) in [5.41, 5.74) is 0.712. The smallest absolute Gasteiger partial charge is 0.159 e. The highest BCUT2D eigenvalue weighted by Gasteiger charge is 2.07. The molecule has 0 saturated heterocycles. The third kappa shape index (κ3) is 9.28. The van der Waals surface area contributed by atoms with Gasteiger partial charge in [0.25, 0.3) is 0 Å². The fourth-order valence-electron chi connectivity index (χ4n) is 2.59. The first-order chi connectivity index (χ1) is 14.0. The van der Waals surface area contributed by atoms with Crippen molar-refractivity contribution in [2.45, 2.75) is 40.5 Å². The number of hydrogen-bond donors (Lipinski definition) is 4. The highest BCUT2D eigenvalue weighted by atomic mass is 16.3. The van der Waals surface area contributed by atoms with E-state index < -0.39 is 0 Å². The second kappa shape index (κ2) is 11.7. The molecule has 1 aromatic rings. The number of carbonyl (C=O) groups is 2. The summed E-state index contributed by atoms with van der Waals surface area (Å²) in [7, 11) is 0. The predicted octanol–water partition coefficient (Wildman–Crippen LogP) is 5.60. The molecule has 0 spiro atoms. The van der Waals surface area contributed by atoms with Crippen LogP contribution in [0.15, 0.2) is 60.1 Å². The van der Waals surface area contributed by atoms with E-state index in [0.717, 1.165) is 24.3 Å². The summed E-state index contributed by atoms with van der Waals surface area (Å²) in [5.74, 6) is -1.37. The summed E-state index contributed by atoms with van der Waals surface area (Å²) in [6.07, 6.45) is 4.85. The fraction of sp³-hybridized carbons (Fsp3) is 0.333. The number of ketones is 2. The lowest BCUT2D eigenvalue weighted by molar-refractivity contribution is -0.116. The zero-order valence-electron chi connectivity index (χ0n) is 17.8. The zero-order valence-corrected chi connectivity index (χ0v) is 17.8. The van der Waals surface area contributed by atoms with Gasteiger partial charge < -0.3 is 20.4 Å². The molecule has 0 amide bonds. The molecule has 0 aliphatic heterocycles. The molecule has 4 N–H and O–H groups in total. The number of hydrogen-bond acceptors (Lipinski definition) is 6. The molecule has 0 aliphatic rings. The molecular weight excluding hydrogens is 384 g/mol. The first kappa shape index (κ1) is 24.8. The van der Waals surface area contributed by atoms with E-state index >= 15 is 0 Å². The quantitative estimate of drug-likeness (QED) is 0.225. The van der Waals surface area contributed by atoms with Crippen LogP contribution in [0.3, 0.4) is 0 Å². The van der Waals surface area contributed by atoms with E-state index in [0.29, 0.717) is 24.0 Å². The summed E-state index contributed by atoms with van der Waals surface area (Å²) >= 11 is 0. The molecular formula is C24H30O6. The van der Waals surface area contributed by atoms with Gasteiger partial charge in [0.15, 0.2) is 11.6 Å². The van der Waals surface area contributed by atoms with Crippen molar-refractivity contribution in [2.75, 3.05) is 0 Å². The summed E-state index contributed by atoms with van der Waals surface area (Å²) in [6, 6.07) is 6.00. The number of aliphatic hydroxyl groups is 4. The van der Waals surface area contributed by atoms with Crippen LogP contribution < -0.4 is 0 Å². The molecule has 0 saturated carbocycles. The molecule has 0 unspecified atom stereocenters. The number of aliphatic hydroxyl groups excluding tert-OH is 4. The van der Waals surface area contributed by atoms with E-state index in [9.17, 15) is 30.0 Å². The SMILES string of the molecule is CC(C)CC(=O)/C=C(O)/C=C(\O)c1ccc(/C(O)=C/C(O)=C\C(=O)CC(C)C)cc1. The van der Waals surface area contributed by atoms with Gasteiger partial charge >= 0.3 is 0 Å². The van der Waals surface area contributed by atoms with E-state index in [1.807, 2.05) is 27.7 Å². The van der Waals surface area contributed by atoms with Crippen LogP contribution in [0.1, 0.15) is 51.7 Å². The Morgan fingerprint density at radius 3 is 1.23 bits per heavy atom. The Bertz CT molecular complexity index is 794. The minimum Gasteiger partial charge on any atom is -0.508 e. The van der Waals surface area contributed by atoms with Crippen molar-refractivity contribution in [3.63, 3.8) is 0 Å². The van der Waals surface area contributed by atoms with Crippen molar-refractivity contribution in [3.05, 3.63) is 71.2 Å².